The van der Waals surface area contributed by atoms with Gasteiger partial charge in [-0.15, -0.1) is 0 Å². The second-order valence-corrected chi connectivity index (χ2v) is 7.48. The van der Waals surface area contributed by atoms with E-state index in [4.69, 9.17) is 4.74 Å². The van der Waals surface area contributed by atoms with E-state index in [2.05, 4.69) is 5.32 Å². The van der Waals surface area contributed by atoms with Crippen LogP contribution in [0.1, 0.15) is 47.0 Å². The molecule has 0 saturated carbocycles. The molecule has 1 heterocycles. The van der Waals surface area contributed by atoms with E-state index in [1.807, 2.05) is 27.7 Å². The van der Waals surface area contributed by atoms with Crippen LogP contribution < -0.4 is 5.32 Å². The number of aldehydes is 1. The number of carbonyl (C=O) groups is 4. The highest BCUT2D eigenvalue weighted by Gasteiger charge is 2.24. The molecule has 1 N–H and O–H groups in total. The van der Waals surface area contributed by atoms with Gasteiger partial charge in [0.05, 0.1) is 5.60 Å². The standard InChI is InChI=1S/C18H28N2O5/c1-17(2,13-21)9-12-25-18(3,4)8-10-19-14(22)7-11-20-15(23)5-6-16(20)24/h5-6,13H,7-12H2,1-4H3,(H,19,22). The molecule has 7 nitrogen and oxygen atoms in total. The van der Waals surface area contributed by atoms with Crippen molar-refractivity contribution >= 4 is 24.0 Å². The van der Waals surface area contributed by atoms with Crippen LogP contribution in [0.2, 0.25) is 0 Å². The second kappa shape index (κ2) is 8.89. The summed E-state index contributed by atoms with van der Waals surface area (Å²) < 4.78 is 5.80. The third-order valence-corrected chi connectivity index (χ3v) is 4.07. The summed E-state index contributed by atoms with van der Waals surface area (Å²) >= 11 is 0. The van der Waals surface area contributed by atoms with Crippen molar-refractivity contribution in [3.8, 4) is 0 Å². The van der Waals surface area contributed by atoms with Gasteiger partial charge in [0, 0.05) is 43.7 Å². The Kier molecular flexibility index (Phi) is 7.48. The Balaban J connectivity index is 2.21. The van der Waals surface area contributed by atoms with Crippen LogP contribution >= 0.6 is 0 Å². The molecule has 0 aromatic rings. The molecule has 7 heteroatoms. The van der Waals surface area contributed by atoms with E-state index in [9.17, 15) is 19.2 Å². The first kappa shape index (κ1) is 21.0. The quantitative estimate of drug-likeness (QED) is 0.446. The fourth-order valence-electron chi connectivity index (χ4n) is 2.18. The normalized spacial score (nSPS) is 15.0. The summed E-state index contributed by atoms with van der Waals surface area (Å²) in [5.74, 6) is -0.985. The molecule has 0 aliphatic carbocycles. The minimum atomic E-state index is -0.420. The topological polar surface area (TPSA) is 92.8 Å². The van der Waals surface area contributed by atoms with E-state index in [0.29, 0.717) is 26.0 Å². The summed E-state index contributed by atoms with van der Waals surface area (Å²) in [5.41, 5.74) is -0.819. The lowest BCUT2D eigenvalue weighted by Gasteiger charge is -2.27. The summed E-state index contributed by atoms with van der Waals surface area (Å²) in [6.45, 7) is 8.57. The van der Waals surface area contributed by atoms with Crippen LogP contribution in [-0.2, 0) is 23.9 Å². The first-order valence-corrected chi connectivity index (χ1v) is 8.47. The number of carbonyl (C=O) groups excluding carboxylic acids is 4. The fourth-order valence-corrected chi connectivity index (χ4v) is 2.18. The lowest BCUT2D eigenvalue weighted by molar-refractivity contribution is -0.137. The van der Waals surface area contributed by atoms with Gasteiger partial charge in [-0.05, 0) is 26.7 Å². The molecule has 0 bridgehead atoms. The minimum Gasteiger partial charge on any atom is -0.375 e. The van der Waals surface area contributed by atoms with Crippen LogP contribution in [0.15, 0.2) is 12.2 Å². The Morgan fingerprint density at radius 1 is 1.16 bits per heavy atom. The Labute approximate surface area is 148 Å². The zero-order valence-electron chi connectivity index (χ0n) is 15.5. The maximum Gasteiger partial charge on any atom is 0.253 e. The van der Waals surface area contributed by atoms with Gasteiger partial charge in [-0.1, -0.05) is 13.8 Å². The zero-order chi connectivity index (χ0) is 19.1. The van der Waals surface area contributed by atoms with Crippen molar-refractivity contribution in [2.75, 3.05) is 19.7 Å². The highest BCUT2D eigenvalue weighted by atomic mass is 16.5. The van der Waals surface area contributed by atoms with Gasteiger partial charge in [0.25, 0.3) is 11.8 Å². The molecule has 0 aromatic carbocycles. The van der Waals surface area contributed by atoms with Gasteiger partial charge in [-0.3, -0.25) is 19.3 Å². The number of rotatable bonds is 11. The first-order valence-electron chi connectivity index (χ1n) is 8.47. The van der Waals surface area contributed by atoms with E-state index in [0.717, 1.165) is 11.2 Å². The molecule has 0 spiro atoms. The van der Waals surface area contributed by atoms with Gasteiger partial charge < -0.3 is 14.8 Å². The third kappa shape index (κ3) is 7.60. The van der Waals surface area contributed by atoms with Crippen molar-refractivity contribution in [3.63, 3.8) is 0 Å². The van der Waals surface area contributed by atoms with Gasteiger partial charge in [0.1, 0.15) is 6.29 Å². The van der Waals surface area contributed by atoms with Crippen LogP contribution in [0.3, 0.4) is 0 Å². The van der Waals surface area contributed by atoms with Crippen molar-refractivity contribution in [1.29, 1.82) is 0 Å². The largest absolute Gasteiger partial charge is 0.375 e. The summed E-state index contributed by atoms with van der Waals surface area (Å²) in [4.78, 5) is 46.5. The number of ether oxygens (including phenoxy) is 1. The average Bonchev–Trinajstić information content (AvgIpc) is 2.83. The molecule has 0 fully saturated rings. The van der Waals surface area contributed by atoms with E-state index in [-0.39, 0.29) is 30.7 Å². The summed E-state index contributed by atoms with van der Waals surface area (Å²) in [6.07, 6.45) is 4.66. The molecule has 3 amide bonds. The van der Waals surface area contributed by atoms with E-state index < -0.39 is 11.0 Å². The van der Waals surface area contributed by atoms with Crippen LogP contribution in [0.25, 0.3) is 0 Å². The Bertz CT molecular complexity index is 534. The fraction of sp³-hybridized carbons (Fsp3) is 0.667. The van der Waals surface area contributed by atoms with Crippen LogP contribution in [0.4, 0.5) is 0 Å². The van der Waals surface area contributed by atoms with Gasteiger partial charge in [0.15, 0.2) is 0 Å². The van der Waals surface area contributed by atoms with Crippen molar-refractivity contribution < 1.29 is 23.9 Å². The molecule has 1 aliphatic heterocycles. The first-order chi connectivity index (χ1) is 11.6. The molecular weight excluding hydrogens is 324 g/mol. The molecule has 1 aliphatic rings. The van der Waals surface area contributed by atoms with Crippen molar-refractivity contribution in [3.05, 3.63) is 12.2 Å². The molecule has 0 aromatic heterocycles. The number of imide groups is 1. The molecule has 140 valence electrons. The molecule has 25 heavy (non-hydrogen) atoms. The molecule has 0 radical (unpaired) electrons. The lowest BCUT2D eigenvalue weighted by Crippen LogP contribution is -2.37. The van der Waals surface area contributed by atoms with Gasteiger partial charge >= 0.3 is 0 Å². The number of hydrogen-bond donors (Lipinski definition) is 1. The summed E-state index contributed by atoms with van der Waals surface area (Å²) in [7, 11) is 0. The molecule has 1 rings (SSSR count). The Hall–Kier alpha value is -2.02. The Morgan fingerprint density at radius 2 is 1.76 bits per heavy atom. The number of amides is 3. The number of nitrogens with zero attached hydrogens (tertiary/aromatic N) is 1. The predicted octanol–water partition coefficient (Wildman–Crippen LogP) is 1.22. The predicted molar refractivity (Wildman–Crippen MR) is 92.6 cm³/mol. The number of hydrogen-bond acceptors (Lipinski definition) is 5. The highest BCUT2D eigenvalue weighted by molar-refractivity contribution is 6.13. The van der Waals surface area contributed by atoms with Crippen LogP contribution in [0, 0.1) is 5.41 Å². The van der Waals surface area contributed by atoms with Crippen molar-refractivity contribution in [1.82, 2.24) is 10.2 Å². The molecule has 0 saturated heterocycles. The van der Waals surface area contributed by atoms with Crippen molar-refractivity contribution in [2.45, 2.75) is 52.6 Å². The zero-order valence-corrected chi connectivity index (χ0v) is 15.5. The lowest BCUT2D eigenvalue weighted by atomic mass is 9.92. The van der Waals surface area contributed by atoms with Gasteiger partial charge in [-0.25, -0.2) is 0 Å². The van der Waals surface area contributed by atoms with E-state index in [1.54, 1.807) is 0 Å². The maximum atomic E-state index is 11.8. The van der Waals surface area contributed by atoms with Gasteiger partial charge in [0.2, 0.25) is 5.91 Å². The maximum absolute atomic E-state index is 11.8. The second-order valence-electron chi connectivity index (χ2n) is 7.48. The Morgan fingerprint density at radius 3 is 2.32 bits per heavy atom. The van der Waals surface area contributed by atoms with Crippen LogP contribution in [0.5, 0.6) is 0 Å². The molecule has 0 atom stereocenters. The highest BCUT2D eigenvalue weighted by Crippen LogP contribution is 2.20. The minimum absolute atomic E-state index is 0.0774. The van der Waals surface area contributed by atoms with Crippen LogP contribution in [-0.4, -0.2) is 54.2 Å². The van der Waals surface area contributed by atoms with E-state index in [1.165, 1.54) is 12.2 Å². The van der Waals surface area contributed by atoms with Gasteiger partial charge in [-0.2, -0.15) is 0 Å². The number of nitrogens with one attached hydrogen (secondary N) is 1. The monoisotopic (exact) mass is 352 g/mol. The van der Waals surface area contributed by atoms with E-state index >= 15 is 0 Å². The summed E-state index contributed by atoms with van der Waals surface area (Å²) in [5, 5.41) is 2.77. The van der Waals surface area contributed by atoms with Crippen molar-refractivity contribution in [2.24, 2.45) is 5.41 Å². The summed E-state index contributed by atoms with van der Waals surface area (Å²) in [6, 6.07) is 0. The SMILES string of the molecule is CC(C)(C=O)CCOC(C)(C)CCNC(=O)CCN1C(=O)C=CC1=O. The average molecular weight is 352 g/mol. The third-order valence-electron chi connectivity index (χ3n) is 4.07. The molecule has 0 unspecified atom stereocenters. The smallest absolute Gasteiger partial charge is 0.253 e. The molecular formula is C18H28N2O5.